The summed E-state index contributed by atoms with van der Waals surface area (Å²) >= 11 is 0. The van der Waals surface area contributed by atoms with Crippen LogP contribution >= 0.6 is 24.0 Å². The minimum atomic E-state index is -2.86. The molecular weight excluding hydrogens is 353 g/mol. The van der Waals surface area contributed by atoms with Crippen LogP contribution in [0.5, 0.6) is 0 Å². The van der Waals surface area contributed by atoms with E-state index in [9.17, 15) is 8.42 Å². The van der Waals surface area contributed by atoms with Gasteiger partial charge in [-0.25, -0.2) is 8.42 Å². The summed E-state index contributed by atoms with van der Waals surface area (Å²) in [6.45, 7) is 2.18. The lowest BCUT2D eigenvalue weighted by Crippen LogP contribution is -2.38. The molecule has 0 spiro atoms. The molecule has 0 radical (unpaired) electrons. The first-order valence-electron chi connectivity index (χ1n) is 5.77. The van der Waals surface area contributed by atoms with E-state index in [1.165, 1.54) is 0 Å². The molecule has 0 unspecified atom stereocenters. The number of likely N-dealkylation sites (N-methyl/N-ethyl adjacent to an activating group) is 1. The normalized spacial score (nSPS) is 19.8. The molecule has 0 aromatic rings. The van der Waals surface area contributed by atoms with Crippen LogP contribution in [0.2, 0.25) is 0 Å². The number of halogens is 1. The molecule has 0 atom stereocenters. The van der Waals surface area contributed by atoms with Crippen LogP contribution in [0.4, 0.5) is 0 Å². The highest BCUT2D eigenvalue weighted by Gasteiger charge is 2.27. The van der Waals surface area contributed by atoms with E-state index in [-0.39, 0.29) is 29.7 Å². The van der Waals surface area contributed by atoms with Crippen molar-refractivity contribution in [3.8, 4) is 0 Å². The van der Waals surface area contributed by atoms with Gasteiger partial charge in [-0.2, -0.15) is 0 Å². The molecule has 0 aromatic heterocycles. The van der Waals surface area contributed by atoms with Gasteiger partial charge in [-0.05, 0) is 18.8 Å². The number of nitrogens with zero attached hydrogens (tertiary/aromatic N) is 2. The van der Waals surface area contributed by atoms with Crippen molar-refractivity contribution >= 4 is 39.8 Å². The molecule has 2 aliphatic rings. The summed E-state index contributed by atoms with van der Waals surface area (Å²) in [6, 6.07) is 0. The smallest absolute Gasteiger partial charge is 0.193 e. The maximum Gasteiger partial charge on any atom is 0.193 e. The highest BCUT2D eigenvalue weighted by Crippen LogP contribution is 2.30. The van der Waals surface area contributed by atoms with Crippen LogP contribution < -0.4 is 5.32 Å². The molecule has 1 N–H and O–H groups in total. The van der Waals surface area contributed by atoms with E-state index in [1.807, 2.05) is 11.9 Å². The molecule has 100 valence electrons. The van der Waals surface area contributed by atoms with E-state index in [0.717, 1.165) is 31.9 Å². The van der Waals surface area contributed by atoms with E-state index in [0.29, 0.717) is 18.2 Å². The minimum Gasteiger partial charge on any atom is -0.355 e. The molecule has 0 amide bonds. The van der Waals surface area contributed by atoms with E-state index >= 15 is 0 Å². The first kappa shape index (κ1) is 15.0. The largest absolute Gasteiger partial charge is 0.355 e. The summed E-state index contributed by atoms with van der Waals surface area (Å²) in [7, 11) is -0.908. The van der Waals surface area contributed by atoms with Gasteiger partial charge in [0.05, 0.1) is 18.1 Å². The molecule has 1 fully saturated rings. The number of rotatable bonds is 5. The monoisotopic (exact) mass is 373 g/mol. The number of hydrogen-bond acceptors (Lipinski definition) is 5. The third-order valence-corrected chi connectivity index (χ3v) is 4.75. The highest BCUT2D eigenvalue weighted by atomic mass is 127. The van der Waals surface area contributed by atoms with Gasteiger partial charge in [-0.1, -0.05) is 0 Å². The summed E-state index contributed by atoms with van der Waals surface area (Å²) in [6.07, 6.45) is 2.17. The third kappa shape index (κ3) is 4.99. The van der Waals surface area contributed by atoms with Crippen molar-refractivity contribution in [2.75, 3.05) is 38.2 Å². The zero-order valence-corrected chi connectivity index (χ0v) is 13.2. The Hall–Kier alpha value is -0.0500. The van der Waals surface area contributed by atoms with Crippen molar-refractivity contribution in [3.63, 3.8) is 0 Å². The number of aliphatic imine (C=N–C) groups is 1. The lowest BCUT2D eigenvalue weighted by molar-refractivity contribution is 0.535. The molecule has 2 rings (SSSR count). The second kappa shape index (κ2) is 6.21. The number of guanidine groups is 1. The molecule has 1 aliphatic carbocycles. The van der Waals surface area contributed by atoms with Gasteiger partial charge < -0.3 is 10.2 Å². The van der Waals surface area contributed by atoms with Crippen molar-refractivity contribution in [1.29, 1.82) is 0 Å². The van der Waals surface area contributed by atoms with Gasteiger partial charge in [0.25, 0.3) is 0 Å². The van der Waals surface area contributed by atoms with Gasteiger partial charge in [-0.3, -0.25) is 4.99 Å². The maximum absolute atomic E-state index is 11.6. The standard InChI is InChI=1S/C10H19N3O2S.HI/c1-13-6-4-11-10(13)12-5-7-16(14,15)8-9-2-3-9;/h9H,2-8H2,1H3,(H,11,12);1H. The van der Waals surface area contributed by atoms with Crippen LogP contribution in [-0.2, 0) is 9.84 Å². The van der Waals surface area contributed by atoms with Crippen molar-refractivity contribution in [2.24, 2.45) is 10.9 Å². The zero-order valence-electron chi connectivity index (χ0n) is 10.1. The fourth-order valence-electron chi connectivity index (χ4n) is 1.77. The van der Waals surface area contributed by atoms with Crippen LogP contribution in [0, 0.1) is 5.92 Å². The van der Waals surface area contributed by atoms with Gasteiger partial charge in [0.15, 0.2) is 15.8 Å². The van der Waals surface area contributed by atoms with Crippen LogP contribution in [0.25, 0.3) is 0 Å². The summed E-state index contributed by atoms with van der Waals surface area (Å²) in [5.74, 6) is 1.85. The SMILES string of the molecule is CN1CCN=C1NCCS(=O)(=O)CC1CC1.I. The number of hydrogen-bond donors (Lipinski definition) is 1. The van der Waals surface area contributed by atoms with E-state index in [2.05, 4.69) is 10.3 Å². The average molecular weight is 373 g/mol. The first-order chi connectivity index (χ1) is 7.57. The summed E-state index contributed by atoms with van der Waals surface area (Å²) in [5, 5.41) is 3.08. The van der Waals surface area contributed by atoms with E-state index in [4.69, 9.17) is 0 Å². The van der Waals surface area contributed by atoms with E-state index in [1.54, 1.807) is 0 Å². The fourth-order valence-corrected chi connectivity index (χ4v) is 3.40. The Morgan fingerprint density at radius 2 is 2.18 bits per heavy atom. The Bertz CT molecular complexity index is 379. The van der Waals surface area contributed by atoms with Crippen LogP contribution in [0.3, 0.4) is 0 Å². The van der Waals surface area contributed by atoms with Crippen molar-refractivity contribution in [2.45, 2.75) is 12.8 Å². The minimum absolute atomic E-state index is 0. The van der Waals surface area contributed by atoms with Gasteiger partial charge in [0, 0.05) is 20.1 Å². The summed E-state index contributed by atoms with van der Waals surface area (Å²) in [4.78, 5) is 6.25. The van der Waals surface area contributed by atoms with Crippen molar-refractivity contribution < 1.29 is 8.42 Å². The van der Waals surface area contributed by atoms with Gasteiger partial charge >= 0.3 is 0 Å². The molecular formula is C10H20IN3O2S. The first-order valence-corrected chi connectivity index (χ1v) is 7.59. The van der Waals surface area contributed by atoms with Crippen LogP contribution in [0.1, 0.15) is 12.8 Å². The Balaban J connectivity index is 0.00000144. The van der Waals surface area contributed by atoms with Crippen molar-refractivity contribution in [3.05, 3.63) is 0 Å². The third-order valence-electron chi connectivity index (χ3n) is 2.94. The van der Waals surface area contributed by atoms with Gasteiger partial charge in [0.2, 0.25) is 0 Å². The highest BCUT2D eigenvalue weighted by molar-refractivity contribution is 14.0. The second-order valence-electron chi connectivity index (χ2n) is 4.61. The van der Waals surface area contributed by atoms with Gasteiger partial charge in [-0.15, -0.1) is 24.0 Å². The Morgan fingerprint density at radius 3 is 2.71 bits per heavy atom. The Kier molecular flexibility index (Phi) is 5.49. The van der Waals surface area contributed by atoms with Crippen molar-refractivity contribution in [1.82, 2.24) is 10.2 Å². The molecule has 5 nitrogen and oxygen atoms in total. The summed E-state index contributed by atoms with van der Waals surface area (Å²) < 4.78 is 23.3. The molecule has 1 aliphatic heterocycles. The van der Waals surface area contributed by atoms with Crippen LogP contribution in [0.15, 0.2) is 4.99 Å². The second-order valence-corrected chi connectivity index (χ2v) is 6.84. The summed E-state index contributed by atoms with van der Waals surface area (Å²) in [5.41, 5.74) is 0. The lowest BCUT2D eigenvalue weighted by atomic mass is 10.5. The van der Waals surface area contributed by atoms with E-state index < -0.39 is 9.84 Å². The Labute approximate surface area is 120 Å². The molecule has 0 saturated heterocycles. The lowest BCUT2D eigenvalue weighted by Gasteiger charge is -2.15. The number of nitrogens with one attached hydrogen (secondary N) is 1. The zero-order chi connectivity index (χ0) is 11.6. The maximum atomic E-state index is 11.6. The molecule has 0 bridgehead atoms. The quantitative estimate of drug-likeness (QED) is 0.706. The molecule has 1 saturated carbocycles. The van der Waals surface area contributed by atoms with Crippen LogP contribution in [-0.4, -0.2) is 57.5 Å². The topological polar surface area (TPSA) is 61.8 Å². The molecule has 0 aromatic carbocycles. The predicted octanol–water partition coefficient (Wildman–Crippen LogP) is 0.320. The Morgan fingerprint density at radius 1 is 1.47 bits per heavy atom. The molecule has 17 heavy (non-hydrogen) atoms. The molecule has 1 heterocycles. The molecule has 7 heteroatoms. The van der Waals surface area contributed by atoms with Gasteiger partial charge in [0.1, 0.15) is 0 Å². The fraction of sp³-hybridized carbons (Fsp3) is 0.900. The predicted molar refractivity (Wildman–Crippen MR) is 79.7 cm³/mol. The average Bonchev–Trinajstić information content (AvgIpc) is 2.89. The number of sulfone groups is 1.